The van der Waals surface area contributed by atoms with Gasteiger partial charge in [0.05, 0.1) is 19.3 Å². The lowest BCUT2D eigenvalue weighted by molar-refractivity contribution is 0.0491. The first kappa shape index (κ1) is 22.6. The molecule has 176 valence electrons. The first-order valence-corrected chi connectivity index (χ1v) is 12.2. The third-order valence-corrected chi connectivity index (χ3v) is 6.73. The summed E-state index contributed by atoms with van der Waals surface area (Å²) in [7, 11) is 0. The number of fused-ring (bicyclic) bond motifs is 1. The Hall–Kier alpha value is -3.17. The lowest BCUT2D eigenvalue weighted by Gasteiger charge is -2.15. The standard InChI is InChI=1S/C25H24FN3O4S/c1-2-31-24(30)22-20(19-7-3-4-8-21(19)33-22)15-34-25-28-27-23(16-9-11-17(26)12-10-16)29(25)14-18-6-5-13-32-18/h3-4,7-12,18H,2,5-6,13-15H2,1H3. The zero-order chi connectivity index (χ0) is 23.5. The van der Waals surface area contributed by atoms with E-state index in [4.69, 9.17) is 13.9 Å². The lowest BCUT2D eigenvalue weighted by atomic mass is 10.1. The molecule has 0 bridgehead atoms. The van der Waals surface area contributed by atoms with Crippen molar-refractivity contribution in [2.75, 3.05) is 13.2 Å². The fourth-order valence-electron chi connectivity index (χ4n) is 4.10. The Morgan fingerprint density at radius 1 is 1.21 bits per heavy atom. The summed E-state index contributed by atoms with van der Waals surface area (Å²) in [6, 6.07) is 13.8. The molecule has 1 fully saturated rings. The number of carbonyl (C=O) groups excluding carboxylic acids is 1. The van der Waals surface area contributed by atoms with Crippen LogP contribution in [0.2, 0.25) is 0 Å². The summed E-state index contributed by atoms with van der Waals surface area (Å²) in [6.07, 6.45) is 2.05. The number of ether oxygens (including phenoxy) is 2. The highest BCUT2D eigenvalue weighted by molar-refractivity contribution is 7.98. The second-order valence-corrected chi connectivity index (χ2v) is 8.92. The van der Waals surface area contributed by atoms with Crippen molar-refractivity contribution in [3.05, 3.63) is 65.7 Å². The van der Waals surface area contributed by atoms with Crippen molar-refractivity contribution in [3.8, 4) is 11.4 Å². The van der Waals surface area contributed by atoms with Gasteiger partial charge in [0.1, 0.15) is 11.4 Å². The van der Waals surface area contributed by atoms with Crippen LogP contribution in [0.1, 0.15) is 35.9 Å². The number of hydrogen-bond donors (Lipinski definition) is 0. The molecule has 1 unspecified atom stereocenters. The largest absolute Gasteiger partial charge is 0.460 e. The SMILES string of the molecule is CCOC(=O)c1oc2ccccc2c1CSc1nnc(-c2ccc(F)cc2)n1CC1CCCO1. The van der Waals surface area contributed by atoms with E-state index in [2.05, 4.69) is 10.2 Å². The molecule has 0 saturated carbocycles. The first-order chi connectivity index (χ1) is 16.6. The maximum absolute atomic E-state index is 13.5. The number of benzene rings is 2. The quantitative estimate of drug-likeness (QED) is 0.244. The third-order valence-electron chi connectivity index (χ3n) is 5.73. The Bertz CT molecular complexity index is 1300. The summed E-state index contributed by atoms with van der Waals surface area (Å²) in [5.41, 5.74) is 2.17. The molecular formula is C25H24FN3O4S. The molecule has 1 aliphatic rings. The monoisotopic (exact) mass is 481 g/mol. The van der Waals surface area contributed by atoms with Crippen molar-refractivity contribution in [1.29, 1.82) is 0 Å². The molecule has 0 radical (unpaired) electrons. The van der Waals surface area contributed by atoms with Crippen LogP contribution in [0.25, 0.3) is 22.4 Å². The van der Waals surface area contributed by atoms with E-state index in [0.717, 1.165) is 36.0 Å². The van der Waals surface area contributed by atoms with Crippen LogP contribution in [0.15, 0.2) is 58.1 Å². The maximum atomic E-state index is 13.5. The zero-order valence-electron chi connectivity index (χ0n) is 18.7. The van der Waals surface area contributed by atoms with Gasteiger partial charge in [-0.25, -0.2) is 9.18 Å². The normalized spacial score (nSPS) is 15.8. The van der Waals surface area contributed by atoms with Crippen LogP contribution in [0.4, 0.5) is 4.39 Å². The van der Waals surface area contributed by atoms with Gasteiger partial charge in [0.15, 0.2) is 11.0 Å². The molecule has 7 nitrogen and oxygen atoms in total. The van der Waals surface area contributed by atoms with Gasteiger partial charge < -0.3 is 13.9 Å². The van der Waals surface area contributed by atoms with E-state index in [-0.39, 0.29) is 24.3 Å². The topological polar surface area (TPSA) is 79.4 Å². The third kappa shape index (κ3) is 4.58. The molecular weight excluding hydrogens is 457 g/mol. The van der Waals surface area contributed by atoms with Gasteiger partial charge in [-0.05, 0) is 50.1 Å². The van der Waals surface area contributed by atoms with Crippen molar-refractivity contribution in [2.45, 2.75) is 43.3 Å². The van der Waals surface area contributed by atoms with Gasteiger partial charge in [-0.2, -0.15) is 0 Å². The number of rotatable bonds is 8. The fourth-order valence-corrected chi connectivity index (χ4v) is 5.08. The highest BCUT2D eigenvalue weighted by Crippen LogP contribution is 2.34. The molecule has 4 aromatic rings. The molecule has 0 aliphatic carbocycles. The summed E-state index contributed by atoms with van der Waals surface area (Å²) in [5, 5.41) is 10.4. The smallest absolute Gasteiger partial charge is 0.374 e. The number of nitrogens with zero attached hydrogens (tertiary/aromatic N) is 3. The first-order valence-electron chi connectivity index (χ1n) is 11.2. The van der Waals surface area contributed by atoms with Gasteiger partial charge in [0.25, 0.3) is 0 Å². The highest BCUT2D eigenvalue weighted by Gasteiger charge is 2.25. The fraction of sp³-hybridized carbons (Fsp3) is 0.320. The predicted molar refractivity (Wildman–Crippen MR) is 126 cm³/mol. The molecule has 5 rings (SSSR count). The number of hydrogen-bond acceptors (Lipinski definition) is 7. The molecule has 1 atom stereocenters. The van der Waals surface area contributed by atoms with Gasteiger partial charge in [0.2, 0.25) is 5.76 Å². The highest BCUT2D eigenvalue weighted by atomic mass is 32.2. The van der Waals surface area contributed by atoms with E-state index in [1.807, 2.05) is 28.8 Å². The summed E-state index contributed by atoms with van der Waals surface area (Å²) in [4.78, 5) is 12.6. The van der Waals surface area contributed by atoms with Crippen LogP contribution in [-0.4, -0.2) is 40.1 Å². The van der Waals surface area contributed by atoms with Crippen LogP contribution in [0, 0.1) is 5.82 Å². The minimum atomic E-state index is -0.484. The Morgan fingerprint density at radius 3 is 2.79 bits per heavy atom. The number of para-hydroxylation sites is 1. The molecule has 3 heterocycles. The van der Waals surface area contributed by atoms with E-state index >= 15 is 0 Å². The average Bonchev–Trinajstić information content (AvgIpc) is 3.58. The molecule has 0 spiro atoms. The average molecular weight is 482 g/mol. The Balaban J connectivity index is 1.48. The van der Waals surface area contributed by atoms with E-state index in [1.165, 1.54) is 23.9 Å². The molecule has 1 aliphatic heterocycles. The second kappa shape index (κ2) is 9.99. The summed E-state index contributed by atoms with van der Waals surface area (Å²) in [6.45, 7) is 3.36. The van der Waals surface area contributed by atoms with Gasteiger partial charge in [-0.3, -0.25) is 4.57 Å². The molecule has 0 N–H and O–H groups in total. The van der Waals surface area contributed by atoms with Crippen LogP contribution < -0.4 is 0 Å². The minimum Gasteiger partial charge on any atom is -0.460 e. The number of furan rings is 1. The van der Waals surface area contributed by atoms with Gasteiger partial charge in [-0.1, -0.05) is 30.0 Å². The van der Waals surface area contributed by atoms with Gasteiger partial charge in [-0.15, -0.1) is 10.2 Å². The lowest BCUT2D eigenvalue weighted by Crippen LogP contribution is -2.16. The predicted octanol–water partition coefficient (Wildman–Crippen LogP) is 5.48. The summed E-state index contributed by atoms with van der Waals surface area (Å²) >= 11 is 1.46. The zero-order valence-corrected chi connectivity index (χ0v) is 19.5. The van der Waals surface area contributed by atoms with E-state index in [9.17, 15) is 9.18 Å². The molecule has 9 heteroatoms. The van der Waals surface area contributed by atoms with Crippen LogP contribution in [0.5, 0.6) is 0 Å². The van der Waals surface area contributed by atoms with Crippen molar-refractivity contribution < 1.29 is 23.1 Å². The number of esters is 1. The van der Waals surface area contributed by atoms with Crippen molar-refractivity contribution >= 4 is 28.7 Å². The Labute approximate surface area is 200 Å². The van der Waals surface area contributed by atoms with Gasteiger partial charge in [0, 0.05) is 28.9 Å². The summed E-state index contributed by atoms with van der Waals surface area (Å²) < 4.78 is 32.4. The number of halogens is 1. The Kier molecular flexibility index (Phi) is 6.64. The van der Waals surface area contributed by atoms with Crippen molar-refractivity contribution in [2.24, 2.45) is 0 Å². The van der Waals surface area contributed by atoms with Crippen molar-refractivity contribution in [1.82, 2.24) is 14.8 Å². The molecule has 0 amide bonds. The molecule has 1 saturated heterocycles. The number of aromatic nitrogens is 3. The molecule has 2 aromatic heterocycles. The molecule has 34 heavy (non-hydrogen) atoms. The van der Waals surface area contributed by atoms with Crippen molar-refractivity contribution in [3.63, 3.8) is 0 Å². The molecule has 2 aromatic carbocycles. The second-order valence-electron chi connectivity index (χ2n) is 7.97. The Morgan fingerprint density at radius 2 is 2.03 bits per heavy atom. The maximum Gasteiger partial charge on any atom is 0.374 e. The van der Waals surface area contributed by atoms with Crippen LogP contribution in [0.3, 0.4) is 0 Å². The summed E-state index contributed by atoms with van der Waals surface area (Å²) in [5.74, 6) is 0.516. The van der Waals surface area contributed by atoms with Crippen LogP contribution in [-0.2, 0) is 21.8 Å². The number of thioether (sulfide) groups is 1. The van der Waals surface area contributed by atoms with Gasteiger partial charge >= 0.3 is 5.97 Å². The minimum absolute atomic E-state index is 0.0689. The number of carbonyl (C=O) groups is 1. The van der Waals surface area contributed by atoms with Crippen LogP contribution >= 0.6 is 11.8 Å². The van der Waals surface area contributed by atoms with E-state index in [0.29, 0.717) is 28.9 Å². The van der Waals surface area contributed by atoms with E-state index in [1.54, 1.807) is 19.1 Å². The van der Waals surface area contributed by atoms with E-state index < -0.39 is 5.97 Å².